The van der Waals surface area contributed by atoms with E-state index in [1.807, 2.05) is 6.92 Å². The summed E-state index contributed by atoms with van der Waals surface area (Å²) >= 11 is 0. The minimum Gasteiger partial charge on any atom is -0.359 e. The van der Waals surface area contributed by atoms with Crippen molar-refractivity contribution in [3.05, 3.63) is 0 Å². The Bertz CT molecular complexity index is 446. The Morgan fingerprint density at radius 2 is 1.70 bits per heavy atom. The van der Waals surface area contributed by atoms with Gasteiger partial charge in [-0.2, -0.15) is 0 Å². The first-order valence-electron chi connectivity index (χ1n) is 8.81. The summed E-state index contributed by atoms with van der Waals surface area (Å²) in [5.41, 5.74) is 0. The molecule has 0 bridgehead atoms. The summed E-state index contributed by atoms with van der Waals surface area (Å²) < 4.78 is 0. The summed E-state index contributed by atoms with van der Waals surface area (Å²) in [4.78, 5) is 38.0. The molecule has 2 aliphatic rings. The molecule has 2 fully saturated rings. The second-order valence-corrected chi connectivity index (χ2v) is 6.89. The summed E-state index contributed by atoms with van der Waals surface area (Å²) in [6, 6.07) is -0.157. The van der Waals surface area contributed by atoms with Crippen LogP contribution in [0.5, 0.6) is 0 Å². The molecule has 130 valence electrons. The van der Waals surface area contributed by atoms with E-state index in [4.69, 9.17) is 0 Å². The maximum atomic E-state index is 12.4. The zero-order chi connectivity index (χ0) is 16.8. The molecule has 1 aliphatic carbocycles. The van der Waals surface area contributed by atoms with E-state index in [9.17, 15) is 14.4 Å². The van der Waals surface area contributed by atoms with Crippen molar-refractivity contribution in [1.29, 1.82) is 0 Å². The molecule has 1 saturated heterocycles. The van der Waals surface area contributed by atoms with Crippen LogP contribution in [0.15, 0.2) is 0 Å². The maximum Gasteiger partial charge on any atom is 0.224 e. The van der Waals surface area contributed by atoms with E-state index in [1.54, 1.807) is 11.9 Å². The number of likely N-dealkylation sites (tertiary alicyclic amines) is 1. The third-order valence-electron chi connectivity index (χ3n) is 4.99. The number of nitrogens with one attached hydrogen (secondary N) is 2. The Morgan fingerprint density at radius 3 is 2.35 bits per heavy atom. The molecule has 23 heavy (non-hydrogen) atoms. The molecular weight excluding hydrogens is 294 g/mol. The summed E-state index contributed by atoms with van der Waals surface area (Å²) in [5, 5.41) is 5.63. The van der Waals surface area contributed by atoms with Gasteiger partial charge in [-0.1, -0.05) is 12.8 Å². The normalized spacial score (nSPS) is 23.4. The van der Waals surface area contributed by atoms with Gasteiger partial charge in [0, 0.05) is 38.5 Å². The molecule has 0 aromatic rings. The number of rotatable bonds is 5. The van der Waals surface area contributed by atoms with Gasteiger partial charge in [-0.15, -0.1) is 0 Å². The van der Waals surface area contributed by atoms with Crippen LogP contribution in [0.2, 0.25) is 0 Å². The average Bonchev–Trinajstić information content (AvgIpc) is 3.08. The highest BCUT2D eigenvalue weighted by atomic mass is 16.2. The highest BCUT2D eigenvalue weighted by molar-refractivity contribution is 5.82. The monoisotopic (exact) mass is 323 g/mol. The Balaban J connectivity index is 1.78. The predicted molar refractivity (Wildman–Crippen MR) is 87.6 cm³/mol. The van der Waals surface area contributed by atoms with E-state index in [2.05, 4.69) is 10.6 Å². The Morgan fingerprint density at radius 1 is 1.04 bits per heavy atom. The molecule has 1 aliphatic heterocycles. The number of carbonyl (C=O) groups excluding carboxylic acids is 3. The molecule has 6 heteroatoms. The highest BCUT2D eigenvalue weighted by Gasteiger charge is 2.29. The van der Waals surface area contributed by atoms with Crippen LogP contribution in [0, 0.1) is 11.8 Å². The number of carbonyl (C=O) groups is 3. The largest absolute Gasteiger partial charge is 0.359 e. The first-order chi connectivity index (χ1) is 11.0. The number of nitrogens with zero attached hydrogens (tertiary/aromatic N) is 1. The second-order valence-electron chi connectivity index (χ2n) is 6.89. The lowest BCUT2D eigenvalue weighted by atomic mass is 9.96. The van der Waals surface area contributed by atoms with Crippen molar-refractivity contribution < 1.29 is 14.4 Å². The minimum absolute atomic E-state index is 0.00471. The molecule has 0 aromatic carbocycles. The third-order valence-corrected chi connectivity index (χ3v) is 4.99. The quantitative estimate of drug-likeness (QED) is 0.794. The summed E-state index contributed by atoms with van der Waals surface area (Å²) in [5.74, 6) is 0.133. The fraction of sp³-hybridized carbons (Fsp3) is 0.824. The van der Waals surface area contributed by atoms with Crippen LogP contribution >= 0.6 is 0 Å². The van der Waals surface area contributed by atoms with E-state index in [0.717, 1.165) is 38.5 Å². The predicted octanol–water partition coefficient (Wildman–Crippen LogP) is 1.06. The van der Waals surface area contributed by atoms with E-state index in [0.29, 0.717) is 19.5 Å². The van der Waals surface area contributed by atoms with E-state index < -0.39 is 0 Å². The molecule has 2 atom stereocenters. The minimum atomic E-state index is -0.157. The number of hydrogen-bond donors (Lipinski definition) is 2. The third kappa shape index (κ3) is 4.94. The van der Waals surface area contributed by atoms with Gasteiger partial charge in [0.05, 0.1) is 5.92 Å². The Hall–Kier alpha value is -1.59. The zero-order valence-corrected chi connectivity index (χ0v) is 14.3. The van der Waals surface area contributed by atoms with Crippen molar-refractivity contribution in [2.75, 3.05) is 20.1 Å². The molecule has 1 saturated carbocycles. The van der Waals surface area contributed by atoms with Crippen LogP contribution in [0.4, 0.5) is 0 Å². The maximum absolute atomic E-state index is 12.4. The highest BCUT2D eigenvalue weighted by Crippen LogP contribution is 2.25. The molecule has 2 N–H and O–H groups in total. The van der Waals surface area contributed by atoms with Crippen LogP contribution in [0.25, 0.3) is 0 Å². The summed E-state index contributed by atoms with van der Waals surface area (Å²) in [6.07, 6.45) is 6.17. The van der Waals surface area contributed by atoms with Crippen molar-refractivity contribution in [3.63, 3.8) is 0 Å². The molecule has 6 nitrogen and oxygen atoms in total. The van der Waals surface area contributed by atoms with Crippen molar-refractivity contribution in [1.82, 2.24) is 15.5 Å². The fourth-order valence-electron chi connectivity index (χ4n) is 3.61. The van der Waals surface area contributed by atoms with Crippen LogP contribution in [-0.2, 0) is 14.4 Å². The molecule has 1 heterocycles. The van der Waals surface area contributed by atoms with E-state index in [1.165, 1.54) is 0 Å². The van der Waals surface area contributed by atoms with Gasteiger partial charge in [0.15, 0.2) is 0 Å². The van der Waals surface area contributed by atoms with Gasteiger partial charge in [0.25, 0.3) is 0 Å². The van der Waals surface area contributed by atoms with Gasteiger partial charge in [0.1, 0.15) is 0 Å². The zero-order valence-electron chi connectivity index (χ0n) is 14.3. The standard InChI is InChI=1S/C17H29N3O3/c1-12(19-17(23)13-6-3-4-7-13)10-15(21)20-9-5-8-14(11-20)16(22)18-2/h12-14H,3-11H2,1-2H3,(H,18,22)(H,19,23). The molecular formula is C17H29N3O3. The van der Waals surface area contributed by atoms with Gasteiger partial charge in [-0.05, 0) is 32.6 Å². The first kappa shape index (κ1) is 17.8. The second kappa shape index (κ2) is 8.31. The molecule has 0 spiro atoms. The first-order valence-corrected chi connectivity index (χ1v) is 8.81. The molecule has 2 rings (SSSR count). The van der Waals surface area contributed by atoms with E-state index >= 15 is 0 Å². The van der Waals surface area contributed by atoms with Crippen LogP contribution in [0.1, 0.15) is 51.9 Å². The van der Waals surface area contributed by atoms with Gasteiger partial charge >= 0.3 is 0 Å². The SMILES string of the molecule is CNC(=O)C1CCCN(C(=O)CC(C)NC(=O)C2CCCC2)C1. The van der Waals surface area contributed by atoms with Gasteiger partial charge in [0.2, 0.25) is 17.7 Å². The smallest absolute Gasteiger partial charge is 0.224 e. The Labute approximate surface area is 138 Å². The lowest BCUT2D eigenvalue weighted by molar-refractivity contribution is -0.136. The topological polar surface area (TPSA) is 78.5 Å². The summed E-state index contributed by atoms with van der Waals surface area (Å²) in [6.45, 7) is 3.07. The van der Waals surface area contributed by atoms with Crippen molar-refractivity contribution in [2.24, 2.45) is 11.8 Å². The van der Waals surface area contributed by atoms with Crippen molar-refractivity contribution >= 4 is 17.7 Å². The van der Waals surface area contributed by atoms with Gasteiger partial charge < -0.3 is 15.5 Å². The number of piperidine rings is 1. The van der Waals surface area contributed by atoms with Crippen LogP contribution in [0.3, 0.4) is 0 Å². The number of amides is 3. The average molecular weight is 323 g/mol. The van der Waals surface area contributed by atoms with Gasteiger partial charge in [-0.3, -0.25) is 14.4 Å². The molecule has 0 radical (unpaired) electrons. The lowest BCUT2D eigenvalue weighted by Crippen LogP contribution is -2.47. The van der Waals surface area contributed by atoms with Gasteiger partial charge in [-0.25, -0.2) is 0 Å². The van der Waals surface area contributed by atoms with Crippen LogP contribution < -0.4 is 10.6 Å². The lowest BCUT2D eigenvalue weighted by Gasteiger charge is -2.32. The summed E-state index contributed by atoms with van der Waals surface area (Å²) in [7, 11) is 1.63. The van der Waals surface area contributed by atoms with Crippen molar-refractivity contribution in [3.8, 4) is 0 Å². The number of hydrogen-bond acceptors (Lipinski definition) is 3. The molecule has 3 amide bonds. The van der Waals surface area contributed by atoms with Crippen molar-refractivity contribution in [2.45, 2.75) is 57.9 Å². The fourth-order valence-corrected chi connectivity index (χ4v) is 3.61. The molecule has 2 unspecified atom stereocenters. The molecule has 0 aromatic heterocycles. The van der Waals surface area contributed by atoms with E-state index in [-0.39, 0.29) is 35.6 Å². The van der Waals surface area contributed by atoms with Crippen LogP contribution in [-0.4, -0.2) is 48.8 Å². The Kier molecular flexibility index (Phi) is 6.42.